The Morgan fingerprint density at radius 1 is 0.380 bits per heavy atom. The number of nitrogens with zero attached hydrogens (tertiary/aromatic N) is 12. The number of carbonyl (C=O) groups excluding carboxylic acids is 4. The molecule has 0 saturated heterocycles. The number of amides is 5. The quantitative estimate of drug-likeness (QED) is 0.0210. The van der Waals surface area contributed by atoms with Crippen LogP contribution in [0.2, 0.25) is 0 Å². The van der Waals surface area contributed by atoms with Gasteiger partial charge >= 0.3 is 18.3 Å². The first-order chi connectivity index (χ1) is 65.2. The molecule has 8 heterocycles. The molecule has 4 atom stereocenters. The van der Waals surface area contributed by atoms with E-state index in [4.69, 9.17) is 27.4 Å². The number of sulfonamides is 3. The Kier molecular flexibility index (Phi) is 31.4. The maximum absolute atomic E-state index is 13.1. The van der Waals surface area contributed by atoms with Gasteiger partial charge in [0, 0.05) is 18.5 Å². The van der Waals surface area contributed by atoms with E-state index in [0.29, 0.717) is 43.9 Å². The van der Waals surface area contributed by atoms with Crippen LogP contribution in [0.5, 0.6) is 0 Å². The summed E-state index contributed by atoms with van der Waals surface area (Å²) < 4.78 is 146. The van der Waals surface area contributed by atoms with Gasteiger partial charge in [0.25, 0.3) is 5.91 Å². The number of ether oxygens (including phenoxy) is 1. The molecule has 0 bridgehead atoms. The molecular formula is C91H88F3N21O15S7. The third-order valence-corrected chi connectivity index (χ3v) is 25.5. The Hall–Kier alpha value is -13.9. The first kappa shape index (κ1) is 99.0. The molecule has 9 N–H and O–H groups in total. The molecule has 5 amide bonds. The number of urea groups is 1. The lowest BCUT2D eigenvalue weighted by Gasteiger charge is -2.21. The molecule has 46 heteroatoms. The molecule has 0 aliphatic heterocycles. The van der Waals surface area contributed by atoms with Gasteiger partial charge in [-0.1, -0.05) is 146 Å². The molecule has 9 aromatic carbocycles. The molecule has 0 aliphatic carbocycles. The monoisotopic (exact) mass is 2000 g/mol. The Bertz CT molecular complexity index is 7470. The third-order valence-electron chi connectivity index (χ3n) is 19.2. The average molecular weight is 2000 g/mol. The molecule has 0 saturated carbocycles. The lowest BCUT2D eigenvalue weighted by atomic mass is 10.1. The lowest BCUT2D eigenvalue weighted by Crippen LogP contribution is -2.41. The van der Waals surface area contributed by atoms with Crippen LogP contribution in [0.3, 0.4) is 0 Å². The van der Waals surface area contributed by atoms with E-state index in [1.807, 2.05) is 190 Å². The number of hydrogen-bond acceptors (Lipinski definition) is 32. The first-order valence-corrected chi connectivity index (χ1v) is 50.6. The van der Waals surface area contributed by atoms with Crippen molar-refractivity contribution in [3.8, 4) is 44.5 Å². The summed E-state index contributed by atoms with van der Waals surface area (Å²) in [6, 6.07) is 63.6. The Balaban J connectivity index is 0.000000147. The maximum atomic E-state index is 13.1. The summed E-state index contributed by atoms with van der Waals surface area (Å²) in [6.45, 7) is 10.3. The van der Waals surface area contributed by atoms with Crippen LogP contribution in [0.1, 0.15) is 149 Å². The van der Waals surface area contributed by atoms with Crippen LogP contribution in [-0.2, 0) is 72.0 Å². The highest BCUT2D eigenvalue weighted by Crippen LogP contribution is 2.40. The molecule has 0 radical (unpaired) electrons. The summed E-state index contributed by atoms with van der Waals surface area (Å²) in [5.74, 6) is 0.0464. The molecule has 8 aromatic heterocycles. The second kappa shape index (κ2) is 43.4. The van der Waals surface area contributed by atoms with Gasteiger partial charge in [0.2, 0.25) is 83.1 Å². The fourth-order valence-electron chi connectivity index (χ4n) is 13.1. The van der Waals surface area contributed by atoms with Crippen LogP contribution < -0.4 is 46.1 Å². The number of nitrogens with one attached hydrogen (secondary N) is 9. The van der Waals surface area contributed by atoms with Gasteiger partial charge in [0.1, 0.15) is 25.6 Å². The fraction of sp³-hybridized carbons (Fsp3) is 0.231. The van der Waals surface area contributed by atoms with Crippen molar-refractivity contribution < 1.29 is 80.0 Å². The van der Waals surface area contributed by atoms with Crippen molar-refractivity contribution in [1.82, 2.24) is 107 Å². The Morgan fingerprint density at radius 3 is 0.964 bits per heavy atom. The topological polar surface area (TPSA) is 495 Å². The zero-order chi connectivity index (χ0) is 97.5. The summed E-state index contributed by atoms with van der Waals surface area (Å²) in [7, 11) is -8.62. The Labute approximate surface area is 798 Å². The molecular weight excluding hydrogens is 1910 g/mol. The average Bonchev–Trinajstić information content (AvgIpc) is 1.91. The van der Waals surface area contributed by atoms with Crippen LogP contribution in [0.4, 0.5) is 22.8 Å². The normalized spacial score (nSPS) is 12.7. The number of carbonyl (C=O) groups is 4. The van der Waals surface area contributed by atoms with Crippen molar-refractivity contribution in [3.63, 3.8) is 0 Å². The summed E-state index contributed by atoms with van der Waals surface area (Å²) >= 11 is 5.55. The number of halogens is 3. The second-order valence-corrected chi connectivity index (χ2v) is 41.5. The van der Waals surface area contributed by atoms with E-state index in [1.54, 1.807) is 27.8 Å². The molecule has 17 rings (SSSR count). The van der Waals surface area contributed by atoms with E-state index >= 15 is 0 Å². The standard InChI is InChI=1S/C26H20F3N5O4S2.C23H25N5O5S2.C22H24N6O4S2.C20H19N5O2S/c1-40(36,37)30-14-21-33-34-24(38-21)22(32-23(35)16-7-10-18(11-8-16)26(27,28)29)25-31-19-12-9-17(13-20(19)39-25)15-5-3-2-4-6-15;1-23(2,3)33-22(29)26-19(20-28-27-18(32-20)13-24-35(4,30)31)21-25-16-11-10-15(12-17(16)34-21)14-8-6-5-7-9-14;1-13(2)24-22(29)26-19(20-28-27-18(32-20)12-23-34(3,30)31)21-25-16-10-9-15(11-17(16)33-21)14-7-5-4-6-8-14;1-12(26)22-18(19-25-24-17(27-19)11-21-2)20-23-15-9-8-14(10-16(15)28-20)13-6-4-3-5-7-13/h2-13,22,30H,14H2,1H3,(H,32,35);5-12,19,24H,13H2,1-4H3,(H,26,29);4-11,13,19,23H,12H2,1-3H3,(H2,24,26,29);3-10,18,21H,11H2,1-2H3,(H,22,26). The van der Waals surface area contributed by atoms with Gasteiger partial charge in [0.15, 0.2) is 24.2 Å². The SMILES string of the molecule is CC(C)(C)OC(=O)NC(c1nnc(CNS(C)(=O)=O)o1)c1nc2ccc(-c3ccccc3)cc2s1.CC(C)NC(=O)NC(c1nnc(CNS(C)(=O)=O)o1)c1nc2ccc(-c3ccccc3)cc2s1.CNCc1nnc(C(NC(C)=O)c2nc3ccc(-c4ccccc4)cc3s2)o1.CS(=O)(=O)NCc1nnc(C(NC(=O)c2ccc(C(F)(F)F)cc2)c2nc3ccc(-c4ccccc4)cc3s2)o1. The van der Waals surface area contributed by atoms with Crippen molar-refractivity contribution in [3.05, 3.63) is 297 Å². The van der Waals surface area contributed by atoms with E-state index in [2.05, 4.69) is 120 Å². The van der Waals surface area contributed by atoms with Gasteiger partial charge in [-0.15, -0.1) is 86.1 Å². The number of fused-ring (bicyclic) bond motifs is 4. The van der Waals surface area contributed by atoms with E-state index in [9.17, 15) is 57.6 Å². The molecule has 0 aliphatic rings. The van der Waals surface area contributed by atoms with Gasteiger partial charge in [0.05, 0.1) is 91.4 Å². The van der Waals surface area contributed by atoms with Crippen LogP contribution in [0.25, 0.3) is 85.4 Å². The van der Waals surface area contributed by atoms with Crippen LogP contribution in [-0.4, -0.2) is 147 Å². The fourth-order valence-corrected chi connectivity index (χ4v) is 18.4. The molecule has 17 aromatic rings. The zero-order valence-electron chi connectivity index (χ0n) is 74.5. The predicted octanol–water partition coefficient (Wildman–Crippen LogP) is 15.4. The summed E-state index contributed by atoms with van der Waals surface area (Å²) in [5.41, 5.74) is 9.89. The number of aromatic nitrogens is 12. The van der Waals surface area contributed by atoms with Crippen molar-refractivity contribution >= 4 is 140 Å². The molecule has 0 fully saturated rings. The minimum Gasteiger partial charge on any atom is -0.444 e. The van der Waals surface area contributed by atoms with E-state index in [1.165, 1.54) is 52.3 Å². The number of hydrogen-bond donors (Lipinski definition) is 9. The molecule has 137 heavy (non-hydrogen) atoms. The molecule has 36 nitrogen and oxygen atoms in total. The van der Waals surface area contributed by atoms with Crippen LogP contribution in [0, 0.1) is 0 Å². The predicted molar refractivity (Wildman–Crippen MR) is 512 cm³/mol. The van der Waals surface area contributed by atoms with E-state index in [0.717, 1.165) is 123 Å². The van der Waals surface area contributed by atoms with Crippen molar-refractivity contribution in [2.45, 2.75) is 110 Å². The van der Waals surface area contributed by atoms with Crippen LogP contribution in [0.15, 0.2) is 236 Å². The van der Waals surface area contributed by atoms with Gasteiger partial charge in [-0.25, -0.2) is 68.9 Å². The van der Waals surface area contributed by atoms with Crippen molar-refractivity contribution in [2.75, 3.05) is 25.8 Å². The number of alkyl halides is 3. The largest absolute Gasteiger partial charge is 0.444 e. The number of thiazole rings is 4. The van der Waals surface area contributed by atoms with Crippen LogP contribution >= 0.6 is 45.3 Å². The second-order valence-electron chi connectivity index (χ2n) is 31.7. The first-order valence-electron chi connectivity index (χ1n) is 41.7. The summed E-state index contributed by atoms with van der Waals surface area (Å²) in [5, 5.41) is 50.9. The van der Waals surface area contributed by atoms with E-state index in [-0.39, 0.29) is 72.5 Å². The number of alkyl carbamates (subject to hydrolysis) is 1. The highest BCUT2D eigenvalue weighted by atomic mass is 32.2. The highest BCUT2D eigenvalue weighted by Gasteiger charge is 2.35. The smallest absolute Gasteiger partial charge is 0.416 e. The number of benzene rings is 9. The third kappa shape index (κ3) is 27.7. The molecule has 4 unspecified atom stereocenters. The lowest BCUT2D eigenvalue weighted by molar-refractivity contribution is -0.137. The van der Waals surface area contributed by atoms with E-state index < -0.39 is 89.6 Å². The molecule has 710 valence electrons. The minimum atomic E-state index is -4.54. The maximum Gasteiger partial charge on any atom is 0.416 e. The summed E-state index contributed by atoms with van der Waals surface area (Å²) in [4.78, 5) is 68.6. The van der Waals surface area contributed by atoms with Crippen molar-refractivity contribution in [2.24, 2.45) is 0 Å². The number of rotatable bonds is 29. The summed E-state index contributed by atoms with van der Waals surface area (Å²) in [6.07, 6.45) is -2.18. The van der Waals surface area contributed by atoms with Gasteiger partial charge in [-0.3, -0.25) is 9.59 Å². The van der Waals surface area contributed by atoms with Gasteiger partial charge < -0.3 is 54.3 Å². The van der Waals surface area contributed by atoms with Gasteiger partial charge in [-0.2, -0.15) is 13.2 Å². The minimum absolute atomic E-state index is 0.0241. The highest BCUT2D eigenvalue weighted by molar-refractivity contribution is 7.89. The van der Waals surface area contributed by atoms with Gasteiger partial charge in [-0.05, 0) is 159 Å². The molecule has 0 spiro atoms. The Morgan fingerprint density at radius 2 is 0.679 bits per heavy atom. The van der Waals surface area contributed by atoms with Crippen molar-refractivity contribution in [1.29, 1.82) is 0 Å². The zero-order valence-corrected chi connectivity index (χ0v) is 80.2.